The second-order valence-corrected chi connectivity index (χ2v) is 8.20. The van der Waals surface area contributed by atoms with Gasteiger partial charge >= 0.3 is 0 Å². The summed E-state index contributed by atoms with van der Waals surface area (Å²) in [5.41, 5.74) is 1.72. The third-order valence-corrected chi connectivity index (χ3v) is 6.06. The molecule has 0 bridgehead atoms. The van der Waals surface area contributed by atoms with Crippen LogP contribution in [0.4, 0.5) is 0 Å². The van der Waals surface area contributed by atoms with Crippen molar-refractivity contribution >= 4 is 9.84 Å². The Hall–Kier alpha value is -1.66. The van der Waals surface area contributed by atoms with Crippen LogP contribution in [0.5, 0.6) is 0 Å². The van der Waals surface area contributed by atoms with Gasteiger partial charge in [-0.1, -0.05) is 18.2 Å². The molecule has 1 aromatic heterocycles. The molecule has 0 amide bonds. The number of para-hydroxylation sites is 1. The van der Waals surface area contributed by atoms with Crippen LogP contribution in [0.2, 0.25) is 0 Å². The normalized spacial score (nSPS) is 14.1. The van der Waals surface area contributed by atoms with E-state index < -0.39 is 14.6 Å². The summed E-state index contributed by atoms with van der Waals surface area (Å²) in [6, 6.07) is 11.2. The molecule has 1 atom stereocenters. The molecule has 0 aliphatic carbocycles. The molecule has 0 aliphatic rings. The molecule has 0 saturated heterocycles. The third-order valence-electron chi connectivity index (χ3n) is 3.91. The van der Waals surface area contributed by atoms with Crippen LogP contribution in [0.3, 0.4) is 0 Å². The Labute approximate surface area is 125 Å². The molecule has 1 heterocycles. The monoisotopic (exact) mass is 307 g/mol. The largest absolute Gasteiger partial charge is 0.310 e. The van der Waals surface area contributed by atoms with Crippen LogP contribution in [0, 0.1) is 0 Å². The lowest BCUT2D eigenvalue weighted by Crippen LogP contribution is -2.44. The molecule has 5 nitrogen and oxygen atoms in total. The summed E-state index contributed by atoms with van der Waals surface area (Å²) in [6.45, 7) is 3.46. The van der Waals surface area contributed by atoms with Gasteiger partial charge in [-0.15, -0.1) is 0 Å². The van der Waals surface area contributed by atoms with Gasteiger partial charge in [0.15, 0.2) is 9.84 Å². The van der Waals surface area contributed by atoms with Crippen molar-refractivity contribution < 1.29 is 8.42 Å². The maximum atomic E-state index is 12.1. The summed E-state index contributed by atoms with van der Waals surface area (Å²) in [4.78, 5) is 0. The van der Waals surface area contributed by atoms with Crippen molar-refractivity contribution in [2.45, 2.75) is 24.6 Å². The van der Waals surface area contributed by atoms with E-state index in [0.29, 0.717) is 0 Å². The number of nitrogens with zero attached hydrogens (tertiary/aromatic N) is 2. The van der Waals surface area contributed by atoms with Crippen molar-refractivity contribution in [2.75, 3.05) is 13.3 Å². The van der Waals surface area contributed by atoms with Crippen molar-refractivity contribution in [1.29, 1.82) is 0 Å². The first-order valence-electron chi connectivity index (χ1n) is 6.75. The number of rotatable bonds is 5. The summed E-state index contributed by atoms with van der Waals surface area (Å²) < 4.78 is 25.1. The maximum Gasteiger partial charge on any atom is 0.154 e. The number of hydrogen-bond acceptors (Lipinski definition) is 4. The van der Waals surface area contributed by atoms with Gasteiger partial charge in [-0.05, 0) is 39.1 Å². The second-order valence-electron chi connectivity index (χ2n) is 5.60. The van der Waals surface area contributed by atoms with Gasteiger partial charge in [-0.25, -0.2) is 13.1 Å². The van der Waals surface area contributed by atoms with Crippen LogP contribution >= 0.6 is 0 Å². The zero-order valence-corrected chi connectivity index (χ0v) is 13.6. The van der Waals surface area contributed by atoms with Crippen LogP contribution in [0.15, 0.2) is 42.6 Å². The minimum absolute atomic E-state index is 0.366. The molecule has 2 aromatic rings. The topological polar surface area (TPSA) is 64.0 Å². The van der Waals surface area contributed by atoms with Gasteiger partial charge in [-0.3, -0.25) is 0 Å². The number of hydrogen-bond donors (Lipinski definition) is 1. The molecular formula is C15H21N3O2S. The van der Waals surface area contributed by atoms with Gasteiger partial charge in [0, 0.05) is 12.5 Å². The van der Waals surface area contributed by atoms with E-state index in [4.69, 9.17) is 0 Å². The fraction of sp³-hybridized carbons (Fsp3) is 0.400. The Kier molecular flexibility index (Phi) is 4.20. The lowest BCUT2D eigenvalue weighted by molar-refractivity contribution is 0.430. The number of aromatic nitrogens is 2. The summed E-state index contributed by atoms with van der Waals surface area (Å²) in [5.74, 6) is 0. The number of nitrogens with one attached hydrogen (secondary N) is 1. The maximum absolute atomic E-state index is 12.1. The molecule has 1 unspecified atom stereocenters. The molecule has 1 aromatic carbocycles. The first-order chi connectivity index (χ1) is 9.79. The van der Waals surface area contributed by atoms with Gasteiger partial charge in [-0.2, -0.15) is 5.10 Å². The zero-order valence-electron chi connectivity index (χ0n) is 12.7. The average Bonchev–Trinajstić information content (AvgIpc) is 2.88. The molecule has 1 N–H and O–H groups in total. The van der Waals surface area contributed by atoms with E-state index in [9.17, 15) is 8.42 Å². The summed E-state index contributed by atoms with van der Waals surface area (Å²) in [6.07, 6.45) is 2.95. The minimum Gasteiger partial charge on any atom is -0.310 e. The van der Waals surface area contributed by atoms with Crippen molar-refractivity contribution in [3.05, 3.63) is 48.3 Å². The van der Waals surface area contributed by atoms with Gasteiger partial charge < -0.3 is 5.32 Å². The number of sulfone groups is 1. The zero-order chi connectivity index (χ0) is 15.7. The minimum atomic E-state index is -3.24. The fourth-order valence-corrected chi connectivity index (χ4v) is 3.05. The molecule has 2 rings (SSSR count). The van der Waals surface area contributed by atoms with Crippen LogP contribution in [0.25, 0.3) is 5.69 Å². The molecule has 0 radical (unpaired) electrons. The fourth-order valence-electron chi connectivity index (χ4n) is 2.38. The first-order valence-corrected chi connectivity index (χ1v) is 8.64. The van der Waals surface area contributed by atoms with E-state index in [1.54, 1.807) is 31.8 Å². The molecule has 6 heteroatoms. The molecular weight excluding hydrogens is 286 g/mol. The average molecular weight is 307 g/mol. The highest BCUT2D eigenvalue weighted by molar-refractivity contribution is 7.92. The van der Waals surface area contributed by atoms with E-state index in [-0.39, 0.29) is 6.04 Å². The van der Waals surface area contributed by atoms with E-state index in [0.717, 1.165) is 11.4 Å². The van der Waals surface area contributed by atoms with E-state index in [1.807, 2.05) is 36.4 Å². The van der Waals surface area contributed by atoms with Gasteiger partial charge in [0.1, 0.15) is 0 Å². The lowest BCUT2D eigenvalue weighted by atomic mass is 10.00. The van der Waals surface area contributed by atoms with Gasteiger partial charge in [0.05, 0.1) is 22.2 Å². The SMILES string of the molecule is CNC(c1ccnn1-c1ccccc1)C(C)(C)S(C)(=O)=O. The van der Waals surface area contributed by atoms with Crippen LogP contribution in [-0.4, -0.2) is 36.2 Å². The van der Waals surface area contributed by atoms with Crippen molar-refractivity contribution in [2.24, 2.45) is 0 Å². The predicted octanol–water partition coefficient (Wildman–Crippen LogP) is 1.96. The summed E-state index contributed by atoms with van der Waals surface area (Å²) in [7, 11) is -1.48. The summed E-state index contributed by atoms with van der Waals surface area (Å²) >= 11 is 0. The van der Waals surface area contributed by atoms with E-state index in [2.05, 4.69) is 10.4 Å². The molecule has 0 spiro atoms. The van der Waals surface area contributed by atoms with Crippen molar-refractivity contribution in [3.63, 3.8) is 0 Å². The summed E-state index contributed by atoms with van der Waals surface area (Å²) in [5, 5.41) is 7.45. The van der Waals surface area contributed by atoms with Crippen LogP contribution in [-0.2, 0) is 9.84 Å². The third kappa shape index (κ3) is 2.87. The highest BCUT2D eigenvalue weighted by Crippen LogP contribution is 2.32. The Balaban J connectivity index is 2.54. The van der Waals surface area contributed by atoms with Crippen LogP contribution in [0.1, 0.15) is 25.6 Å². The Bertz CT molecular complexity index is 706. The molecule has 21 heavy (non-hydrogen) atoms. The van der Waals surface area contributed by atoms with Crippen molar-refractivity contribution in [3.8, 4) is 5.69 Å². The Morgan fingerprint density at radius 1 is 1.19 bits per heavy atom. The Morgan fingerprint density at radius 3 is 2.33 bits per heavy atom. The smallest absolute Gasteiger partial charge is 0.154 e. The highest BCUT2D eigenvalue weighted by Gasteiger charge is 2.40. The van der Waals surface area contributed by atoms with E-state index >= 15 is 0 Å². The molecule has 0 saturated carbocycles. The molecule has 114 valence electrons. The van der Waals surface area contributed by atoms with Gasteiger partial charge in [0.25, 0.3) is 0 Å². The Morgan fingerprint density at radius 2 is 1.81 bits per heavy atom. The van der Waals surface area contributed by atoms with Crippen LogP contribution < -0.4 is 5.32 Å². The predicted molar refractivity (Wildman–Crippen MR) is 84.3 cm³/mol. The highest BCUT2D eigenvalue weighted by atomic mass is 32.2. The standard InChI is InChI=1S/C15H21N3O2S/c1-15(2,21(4,19)20)14(16-3)13-10-11-17-18(13)12-8-6-5-7-9-12/h5-11,14,16H,1-4H3. The second kappa shape index (κ2) is 5.61. The lowest BCUT2D eigenvalue weighted by Gasteiger charge is -2.32. The van der Waals surface area contributed by atoms with E-state index in [1.165, 1.54) is 6.26 Å². The number of benzene rings is 1. The first kappa shape index (κ1) is 15.7. The molecule has 0 aliphatic heterocycles. The van der Waals surface area contributed by atoms with Crippen molar-refractivity contribution in [1.82, 2.24) is 15.1 Å². The molecule has 0 fully saturated rings. The quantitative estimate of drug-likeness (QED) is 0.917. The van der Waals surface area contributed by atoms with Gasteiger partial charge in [0.2, 0.25) is 0 Å².